The number of piperazine rings is 1. The molecular formula is C13H22N2O4. The zero-order chi connectivity index (χ0) is 14.2. The van der Waals surface area contributed by atoms with Crippen molar-refractivity contribution in [2.24, 2.45) is 0 Å². The first-order chi connectivity index (χ1) is 8.83. The zero-order valence-corrected chi connectivity index (χ0v) is 11.9. The predicted octanol–water partition coefficient (Wildman–Crippen LogP) is 0.899. The molecule has 6 nitrogen and oxygen atoms in total. The predicted molar refractivity (Wildman–Crippen MR) is 68.7 cm³/mol. The summed E-state index contributed by atoms with van der Waals surface area (Å²) in [4.78, 5) is 25.7. The van der Waals surface area contributed by atoms with Gasteiger partial charge < -0.3 is 14.8 Å². The van der Waals surface area contributed by atoms with Crippen LogP contribution in [0.1, 0.15) is 33.6 Å². The lowest BCUT2D eigenvalue weighted by atomic mass is 10.1. The normalized spacial score (nSPS) is 30.1. The number of carbonyl (C=O) groups excluding carboxylic acids is 2. The van der Waals surface area contributed by atoms with Gasteiger partial charge in [0.25, 0.3) is 0 Å². The fourth-order valence-electron chi connectivity index (χ4n) is 2.81. The van der Waals surface area contributed by atoms with Crippen LogP contribution in [0.5, 0.6) is 0 Å². The highest BCUT2D eigenvalue weighted by Gasteiger charge is 2.49. The lowest BCUT2D eigenvalue weighted by molar-refractivity contribution is -0.145. The molecule has 3 atom stereocenters. The van der Waals surface area contributed by atoms with E-state index in [9.17, 15) is 9.59 Å². The van der Waals surface area contributed by atoms with Gasteiger partial charge in [0.15, 0.2) is 0 Å². The summed E-state index contributed by atoms with van der Waals surface area (Å²) in [6, 6.07) is -0.502. The number of hydrogen-bond acceptors (Lipinski definition) is 5. The van der Waals surface area contributed by atoms with E-state index in [0.717, 1.165) is 12.8 Å². The number of fused-ring (bicyclic) bond motifs is 2. The number of carbonyl (C=O) groups is 2. The molecule has 0 aromatic heterocycles. The first kappa shape index (κ1) is 14.1. The molecule has 0 radical (unpaired) electrons. The van der Waals surface area contributed by atoms with Crippen LogP contribution in [0.15, 0.2) is 0 Å². The third-order valence-corrected chi connectivity index (χ3v) is 3.56. The molecule has 1 amide bonds. The highest BCUT2D eigenvalue weighted by molar-refractivity contribution is 5.79. The summed E-state index contributed by atoms with van der Waals surface area (Å²) in [7, 11) is 1.36. The number of hydrogen-bond donors (Lipinski definition) is 1. The van der Waals surface area contributed by atoms with Crippen molar-refractivity contribution in [1.29, 1.82) is 0 Å². The van der Waals surface area contributed by atoms with E-state index in [1.54, 1.807) is 4.90 Å². The topological polar surface area (TPSA) is 67.9 Å². The molecule has 108 valence electrons. The summed E-state index contributed by atoms with van der Waals surface area (Å²) in [5, 5.41) is 3.16. The quantitative estimate of drug-likeness (QED) is 0.717. The Labute approximate surface area is 113 Å². The fourth-order valence-corrected chi connectivity index (χ4v) is 2.81. The van der Waals surface area contributed by atoms with Gasteiger partial charge in [-0.3, -0.25) is 9.69 Å². The summed E-state index contributed by atoms with van der Waals surface area (Å²) in [5.74, 6) is -0.320. The Morgan fingerprint density at radius 3 is 2.53 bits per heavy atom. The number of rotatable bonds is 1. The average Bonchev–Trinajstić information content (AvgIpc) is 2.61. The number of nitrogens with zero attached hydrogens (tertiary/aromatic N) is 1. The van der Waals surface area contributed by atoms with E-state index in [2.05, 4.69) is 5.32 Å². The van der Waals surface area contributed by atoms with Crippen LogP contribution in [0, 0.1) is 0 Å². The lowest BCUT2D eigenvalue weighted by Crippen LogP contribution is -2.62. The average molecular weight is 270 g/mol. The third kappa shape index (κ3) is 2.83. The Balaban J connectivity index is 2.12. The van der Waals surface area contributed by atoms with E-state index < -0.39 is 11.6 Å². The Hall–Kier alpha value is -1.30. The molecule has 2 saturated heterocycles. The highest BCUT2D eigenvalue weighted by atomic mass is 16.6. The van der Waals surface area contributed by atoms with E-state index in [0.29, 0.717) is 6.54 Å². The molecule has 2 fully saturated rings. The molecule has 0 aromatic rings. The van der Waals surface area contributed by atoms with E-state index in [1.807, 2.05) is 20.8 Å². The molecule has 2 aliphatic rings. The third-order valence-electron chi connectivity index (χ3n) is 3.56. The Morgan fingerprint density at radius 1 is 1.26 bits per heavy atom. The van der Waals surface area contributed by atoms with Crippen LogP contribution in [-0.2, 0) is 14.3 Å². The minimum atomic E-state index is -0.526. The smallest absolute Gasteiger partial charge is 0.410 e. The van der Waals surface area contributed by atoms with Gasteiger partial charge in [-0.25, -0.2) is 4.79 Å². The van der Waals surface area contributed by atoms with Crippen LogP contribution in [0.4, 0.5) is 4.79 Å². The van der Waals surface area contributed by atoms with Crippen molar-refractivity contribution < 1.29 is 19.1 Å². The van der Waals surface area contributed by atoms with Crippen LogP contribution in [-0.4, -0.2) is 54.3 Å². The SMILES string of the molecule is COC(=O)C1NCC2CCC1N2C(=O)OC(C)(C)C. The summed E-state index contributed by atoms with van der Waals surface area (Å²) in [5.41, 5.74) is -0.526. The van der Waals surface area contributed by atoms with E-state index >= 15 is 0 Å². The van der Waals surface area contributed by atoms with Gasteiger partial charge in [-0.15, -0.1) is 0 Å². The molecule has 1 N–H and O–H groups in total. The minimum Gasteiger partial charge on any atom is -0.468 e. The maximum atomic E-state index is 12.3. The lowest BCUT2D eigenvalue weighted by Gasteiger charge is -2.39. The Bertz CT molecular complexity index is 377. The maximum Gasteiger partial charge on any atom is 0.410 e. The monoisotopic (exact) mass is 270 g/mol. The van der Waals surface area contributed by atoms with Crippen molar-refractivity contribution in [1.82, 2.24) is 10.2 Å². The molecule has 0 spiro atoms. The van der Waals surface area contributed by atoms with Crippen LogP contribution < -0.4 is 5.32 Å². The van der Waals surface area contributed by atoms with Crippen molar-refractivity contribution in [3.05, 3.63) is 0 Å². The van der Waals surface area contributed by atoms with Gasteiger partial charge in [0.2, 0.25) is 0 Å². The molecule has 2 rings (SSSR count). The molecule has 2 aliphatic heterocycles. The largest absolute Gasteiger partial charge is 0.468 e. The van der Waals surface area contributed by atoms with Crippen molar-refractivity contribution in [3.8, 4) is 0 Å². The molecule has 0 aromatic carbocycles. The molecule has 6 heteroatoms. The summed E-state index contributed by atoms with van der Waals surface area (Å²) in [6.45, 7) is 6.13. The number of amides is 1. The summed E-state index contributed by atoms with van der Waals surface area (Å²) < 4.78 is 10.2. The van der Waals surface area contributed by atoms with Gasteiger partial charge in [0, 0.05) is 12.6 Å². The highest BCUT2D eigenvalue weighted by Crippen LogP contribution is 2.31. The standard InChI is InChI=1S/C13H22N2O4/c1-13(2,3)19-12(17)15-8-5-6-9(15)10(14-7-8)11(16)18-4/h8-10,14H,5-7H2,1-4H3. The minimum absolute atomic E-state index is 0.112. The molecule has 19 heavy (non-hydrogen) atoms. The van der Waals surface area contributed by atoms with Crippen LogP contribution in [0.3, 0.4) is 0 Å². The van der Waals surface area contributed by atoms with Crippen molar-refractivity contribution in [2.45, 2.75) is 57.3 Å². The molecule has 2 bridgehead atoms. The van der Waals surface area contributed by atoms with Gasteiger partial charge in [-0.1, -0.05) is 0 Å². The maximum absolute atomic E-state index is 12.3. The number of ether oxygens (including phenoxy) is 2. The second-order valence-electron chi connectivity index (χ2n) is 6.10. The van der Waals surface area contributed by atoms with Crippen LogP contribution in [0.2, 0.25) is 0 Å². The van der Waals surface area contributed by atoms with Gasteiger partial charge in [0.05, 0.1) is 13.2 Å². The van der Waals surface area contributed by atoms with E-state index in [-0.39, 0.29) is 24.1 Å². The zero-order valence-electron chi connectivity index (χ0n) is 11.9. The number of methoxy groups -OCH3 is 1. The van der Waals surface area contributed by atoms with E-state index in [4.69, 9.17) is 9.47 Å². The van der Waals surface area contributed by atoms with Crippen LogP contribution in [0.25, 0.3) is 0 Å². The second kappa shape index (κ2) is 5.00. The summed E-state index contributed by atoms with van der Waals surface area (Å²) in [6.07, 6.45) is 1.36. The Kier molecular flexibility index (Phi) is 3.71. The van der Waals surface area contributed by atoms with Crippen molar-refractivity contribution >= 4 is 12.1 Å². The van der Waals surface area contributed by atoms with Gasteiger partial charge in [-0.2, -0.15) is 0 Å². The first-order valence-corrected chi connectivity index (χ1v) is 6.66. The van der Waals surface area contributed by atoms with Crippen molar-refractivity contribution in [2.75, 3.05) is 13.7 Å². The van der Waals surface area contributed by atoms with Gasteiger partial charge in [0.1, 0.15) is 11.6 Å². The molecule has 0 aliphatic carbocycles. The molecule has 3 unspecified atom stereocenters. The number of esters is 1. The molecule has 0 saturated carbocycles. The summed E-state index contributed by atoms with van der Waals surface area (Å²) >= 11 is 0. The second-order valence-corrected chi connectivity index (χ2v) is 6.10. The molecular weight excluding hydrogens is 248 g/mol. The van der Waals surface area contributed by atoms with Gasteiger partial charge >= 0.3 is 12.1 Å². The number of nitrogens with one attached hydrogen (secondary N) is 1. The first-order valence-electron chi connectivity index (χ1n) is 6.66. The van der Waals surface area contributed by atoms with Crippen molar-refractivity contribution in [3.63, 3.8) is 0 Å². The molecule has 2 heterocycles. The van der Waals surface area contributed by atoms with E-state index in [1.165, 1.54) is 7.11 Å². The van der Waals surface area contributed by atoms with Crippen LogP contribution >= 0.6 is 0 Å². The Morgan fingerprint density at radius 2 is 1.95 bits per heavy atom. The fraction of sp³-hybridized carbons (Fsp3) is 0.846. The van der Waals surface area contributed by atoms with Gasteiger partial charge in [-0.05, 0) is 33.6 Å².